The first-order valence-corrected chi connectivity index (χ1v) is 13.4. The molecule has 2 nitrogen and oxygen atoms in total. The van der Waals surface area contributed by atoms with E-state index in [1.807, 2.05) is 0 Å². The molecule has 0 radical (unpaired) electrons. The molecule has 3 rings (SSSR count). The van der Waals surface area contributed by atoms with Gasteiger partial charge in [-0.2, -0.15) is 13.2 Å². The lowest BCUT2D eigenvalue weighted by molar-refractivity contribution is -0.308. The Labute approximate surface area is 193 Å². The molecule has 0 heterocycles. The summed E-state index contributed by atoms with van der Waals surface area (Å²) in [5.74, 6) is 3.19. The van der Waals surface area contributed by atoms with Crippen LogP contribution in [0.25, 0.3) is 0 Å². The summed E-state index contributed by atoms with van der Waals surface area (Å²) < 4.78 is 42.3. The highest BCUT2D eigenvalue weighted by molar-refractivity contribution is 5.07. The van der Waals surface area contributed by atoms with E-state index in [1.54, 1.807) is 5.57 Å². The van der Waals surface area contributed by atoms with Crippen LogP contribution in [-0.2, 0) is 4.74 Å². The molecule has 2 atom stereocenters. The largest absolute Gasteiger partial charge is 0.439 e. The number of allylic oxidation sites excluding steroid dienone is 2. The van der Waals surface area contributed by atoms with Gasteiger partial charge in [0.05, 0.1) is 6.10 Å². The standard InChI is InChI=1S/C27H45F3O2/c1-2-3-4-5-20-6-8-21(9-7-20)10-11-22-12-14-23(15-13-22)24-16-18-25(19-17-24)32-26(31)27(28,29)30/h12,20-21,23-26,31H,2-11,13-19H2,1H3. The fourth-order valence-electron chi connectivity index (χ4n) is 6.40. The van der Waals surface area contributed by atoms with E-state index in [-0.39, 0.29) is 0 Å². The molecule has 0 amide bonds. The van der Waals surface area contributed by atoms with E-state index in [0.29, 0.717) is 24.7 Å². The third-order valence-corrected chi connectivity index (χ3v) is 8.59. The summed E-state index contributed by atoms with van der Waals surface area (Å²) in [7, 11) is 0. The third-order valence-electron chi connectivity index (χ3n) is 8.59. The van der Waals surface area contributed by atoms with E-state index in [4.69, 9.17) is 9.84 Å². The molecular weight excluding hydrogens is 413 g/mol. The average Bonchev–Trinajstić information content (AvgIpc) is 2.79. The zero-order valence-electron chi connectivity index (χ0n) is 20.1. The van der Waals surface area contributed by atoms with Crippen molar-refractivity contribution in [1.29, 1.82) is 0 Å². The highest BCUT2D eigenvalue weighted by atomic mass is 19.4. The van der Waals surface area contributed by atoms with Gasteiger partial charge in [0.25, 0.3) is 6.29 Å². The molecule has 2 saturated carbocycles. The summed E-state index contributed by atoms with van der Waals surface area (Å²) in [6.07, 6.45) is 15.4. The van der Waals surface area contributed by atoms with Crippen molar-refractivity contribution in [3.63, 3.8) is 0 Å². The van der Waals surface area contributed by atoms with Gasteiger partial charge in [-0.3, -0.25) is 0 Å². The number of halogens is 3. The van der Waals surface area contributed by atoms with Crippen LogP contribution in [0.3, 0.4) is 0 Å². The first kappa shape index (κ1) is 26.1. The fourth-order valence-corrected chi connectivity index (χ4v) is 6.40. The van der Waals surface area contributed by atoms with Crippen LogP contribution in [0.2, 0.25) is 0 Å². The predicted octanol–water partition coefficient (Wildman–Crippen LogP) is 8.34. The van der Waals surface area contributed by atoms with E-state index in [2.05, 4.69) is 13.0 Å². The number of rotatable bonds is 10. The fraction of sp³-hybridized carbons (Fsp3) is 0.926. The van der Waals surface area contributed by atoms with E-state index in [9.17, 15) is 13.2 Å². The Morgan fingerprint density at radius 2 is 1.56 bits per heavy atom. The quantitative estimate of drug-likeness (QED) is 0.202. The lowest BCUT2D eigenvalue weighted by Crippen LogP contribution is -2.37. The van der Waals surface area contributed by atoms with Crippen LogP contribution in [-0.4, -0.2) is 23.7 Å². The SMILES string of the molecule is CCCCCC1CCC(CCC2=CCC(C3CCC(OC(O)C(F)(F)F)CC3)CC2)CC1. The molecule has 0 aliphatic heterocycles. The van der Waals surface area contributed by atoms with Gasteiger partial charge in [0.1, 0.15) is 0 Å². The van der Waals surface area contributed by atoms with E-state index < -0.39 is 18.6 Å². The zero-order chi connectivity index (χ0) is 23.0. The maximum atomic E-state index is 12.5. The molecule has 0 bridgehead atoms. The monoisotopic (exact) mass is 458 g/mol. The molecule has 0 aromatic heterocycles. The molecule has 0 aromatic carbocycles. The predicted molar refractivity (Wildman–Crippen MR) is 123 cm³/mol. The van der Waals surface area contributed by atoms with Crippen molar-refractivity contribution in [3.05, 3.63) is 11.6 Å². The van der Waals surface area contributed by atoms with E-state index in [0.717, 1.165) is 31.1 Å². The van der Waals surface area contributed by atoms with Gasteiger partial charge >= 0.3 is 6.18 Å². The number of ether oxygens (including phenoxy) is 1. The number of hydrogen-bond acceptors (Lipinski definition) is 2. The molecule has 186 valence electrons. The maximum absolute atomic E-state index is 12.5. The van der Waals surface area contributed by atoms with Crippen molar-refractivity contribution in [3.8, 4) is 0 Å². The smallest absolute Gasteiger partial charge is 0.361 e. The topological polar surface area (TPSA) is 29.5 Å². The summed E-state index contributed by atoms with van der Waals surface area (Å²) in [5, 5.41) is 9.13. The summed E-state index contributed by atoms with van der Waals surface area (Å²) in [6.45, 7) is 2.29. The lowest BCUT2D eigenvalue weighted by Gasteiger charge is -2.36. The number of aliphatic hydroxyl groups excluding tert-OH is 1. The van der Waals surface area contributed by atoms with Gasteiger partial charge in [0, 0.05) is 0 Å². The molecule has 0 spiro atoms. The molecule has 3 aliphatic carbocycles. The normalized spacial score (nSPS) is 33.0. The summed E-state index contributed by atoms with van der Waals surface area (Å²) in [5.41, 5.74) is 1.65. The van der Waals surface area contributed by atoms with Crippen molar-refractivity contribution < 1.29 is 23.0 Å². The Kier molecular flexibility index (Phi) is 10.4. The Balaban J connectivity index is 1.29. The van der Waals surface area contributed by atoms with Gasteiger partial charge in [0.15, 0.2) is 0 Å². The molecule has 5 heteroatoms. The van der Waals surface area contributed by atoms with Crippen molar-refractivity contribution in [2.45, 2.75) is 135 Å². The van der Waals surface area contributed by atoms with Gasteiger partial charge in [-0.05, 0) is 81.5 Å². The highest BCUT2D eigenvalue weighted by Gasteiger charge is 2.41. The molecular formula is C27H45F3O2. The van der Waals surface area contributed by atoms with Gasteiger partial charge in [-0.1, -0.05) is 69.9 Å². The summed E-state index contributed by atoms with van der Waals surface area (Å²) in [4.78, 5) is 0. The maximum Gasteiger partial charge on any atom is 0.439 e. The van der Waals surface area contributed by atoms with Crippen LogP contribution in [0.15, 0.2) is 11.6 Å². The highest BCUT2D eigenvalue weighted by Crippen LogP contribution is 2.41. The van der Waals surface area contributed by atoms with Gasteiger partial charge in [-0.15, -0.1) is 0 Å². The second-order valence-corrected chi connectivity index (χ2v) is 10.9. The molecule has 2 unspecified atom stereocenters. The minimum atomic E-state index is -4.69. The third kappa shape index (κ3) is 8.34. The van der Waals surface area contributed by atoms with Gasteiger partial charge in [0.2, 0.25) is 0 Å². The van der Waals surface area contributed by atoms with E-state index >= 15 is 0 Å². The van der Waals surface area contributed by atoms with Crippen LogP contribution >= 0.6 is 0 Å². The van der Waals surface area contributed by atoms with Crippen molar-refractivity contribution in [1.82, 2.24) is 0 Å². The first-order valence-electron chi connectivity index (χ1n) is 13.4. The van der Waals surface area contributed by atoms with Crippen molar-refractivity contribution in [2.24, 2.45) is 23.7 Å². The van der Waals surface area contributed by atoms with Crippen molar-refractivity contribution in [2.75, 3.05) is 0 Å². The Morgan fingerprint density at radius 1 is 0.906 bits per heavy atom. The van der Waals surface area contributed by atoms with Gasteiger partial charge < -0.3 is 9.84 Å². The second kappa shape index (κ2) is 12.8. The minimum absolute atomic E-state index is 0.459. The average molecular weight is 459 g/mol. The summed E-state index contributed by atoms with van der Waals surface area (Å²) in [6, 6.07) is 0. The van der Waals surface area contributed by atoms with Crippen molar-refractivity contribution >= 4 is 0 Å². The van der Waals surface area contributed by atoms with Gasteiger partial charge in [-0.25, -0.2) is 0 Å². The first-order chi connectivity index (χ1) is 15.3. The Morgan fingerprint density at radius 3 is 2.12 bits per heavy atom. The zero-order valence-corrected chi connectivity index (χ0v) is 20.1. The van der Waals surface area contributed by atoms with Crippen LogP contribution in [0.1, 0.15) is 116 Å². The molecule has 2 fully saturated rings. The molecule has 0 saturated heterocycles. The molecule has 0 aromatic rings. The number of alkyl halides is 3. The number of hydrogen-bond donors (Lipinski definition) is 1. The molecule has 3 aliphatic rings. The van der Waals surface area contributed by atoms with E-state index in [1.165, 1.54) is 77.0 Å². The molecule has 32 heavy (non-hydrogen) atoms. The minimum Gasteiger partial charge on any atom is -0.361 e. The number of aliphatic hydroxyl groups is 1. The van der Waals surface area contributed by atoms with Crippen LogP contribution in [0.5, 0.6) is 0 Å². The lowest BCUT2D eigenvalue weighted by atomic mass is 9.72. The second-order valence-electron chi connectivity index (χ2n) is 10.9. The number of unbranched alkanes of at least 4 members (excludes halogenated alkanes) is 2. The summed E-state index contributed by atoms with van der Waals surface area (Å²) >= 11 is 0. The van der Waals surface area contributed by atoms with Crippen LogP contribution < -0.4 is 0 Å². The Bertz CT molecular complexity index is 558. The van der Waals surface area contributed by atoms with Crippen LogP contribution in [0, 0.1) is 23.7 Å². The Hall–Kier alpha value is -0.550. The molecule has 1 N–H and O–H groups in total. The van der Waals surface area contributed by atoms with Crippen LogP contribution in [0.4, 0.5) is 13.2 Å².